The van der Waals surface area contributed by atoms with Crippen molar-refractivity contribution in [3.8, 4) is 11.5 Å². The monoisotopic (exact) mass is 192 g/mol. The molecule has 14 heavy (non-hydrogen) atoms. The van der Waals surface area contributed by atoms with E-state index >= 15 is 0 Å². The lowest BCUT2D eigenvalue weighted by atomic mass is 9.93. The molecule has 0 aliphatic carbocycles. The number of benzene rings is 1. The number of carbonyl (C=O) groups is 1. The quantitative estimate of drug-likeness (QED) is 0.690. The highest BCUT2D eigenvalue weighted by molar-refractivity contribution is 5.66. The second-order valence-corrected chi connectivity index (χ2v) is 3.56. The Balaban J connectivity index is 2.52. The number of phenolic OH excluding ortho intramolecular Hbond substituents is 1. The zero-order chi connectivity index (χ0) is 10.1. The summed E-state index contributed by atoms with van der Waals surface area (Å²) in [6, 6.07) is 3.41. The van der Waals surface area contributed by atoms with Gasteiger partial charge in [-0.3, -0.25) is 0 Å². The van der Waals surface area contributed by atoms with Crippen LogP contribution in [0.15, 0.2) is 12.1 Å². The summed E-state index contributed by atoms with van der Waals surface area (Å²) in [7, 11) is 0. The molecule has 0 bridgehead atoms. The molecule has 1 atom stereocenters. The summed E-state index contributed by atoms with van der Waals surface area (Å²) >= 11 is 0. The lowest BCUT2D eigenvalue weighted by Crippen LogP contribution is -2.15. The van der Waals surface area contributed by atoms with Gasteiger partial charge in [0.15, 0.2) is 0 Å². The number of rotatable bonds is 1. The van der Waals surface area contributed by atoms with Crippen molar-refractivity contribution in [3.05, 3.63) is 23.3 Å². The molecule has 1 aromatic carbocycles. The molecule has 1 unspecified atom stereocenters. The average molecular weight is 192 g/mol. The molecule has 0 amide bonds. The Hall–Kier alpha value is -1.51. The molecule has 2 rings (SSSR count). The Morgan fingerprint density at radius 2 is 2.36 bits per heavy atom. The van der Waals surface area contributed by atoms with Crippen LogP contribution in [0.4, 0.5) is 0 Å². The van der Waals surface area contributed by atoms with E-state index in [-0.39, 0.29) is 11.7 Å². The Bertz CT molecular complexity index is 371. The molecular weight excluding hydrogens is 180 g/mol. The molecule has 0 radical (unpaired) electrons. The van der Waals surface area contributed by atoms with Crippen molar-refractivity contribution >= 4 is 6.29 Å². The number of phenols is 1. The summed E-state index contributed by atoms with van der Waals surface area (Å²) in [5, 5.41) is 9.47. The predicted molar refractivity (Wildman–Crippen MR) is 51.8 cm³/mol. The van der Waals surface area contributed by atoms with Gasteiger partial charge in [-0.2, -0.15) is 0 Å². The van der Waals surface area contributed by atoms with Gasteiger partial charge in [0.2, 0.25) is 0 Å². The van der Waals surface area contributed by atoms with Crippen molar-refractivity contribution in [3.63, 3.8) is 0 Å². The first-order chi connectivity index (χ1) is 6.72. The third-order valence-corrected chi connectivity index (χ3v) is 2.58. The van der Waals surface area contributed by atoms with Crippen LogP contribution in [0.3, 0.4) is 0 Å². The molecule has 1 aliphatic rings. The fourth-order valence-corrected chi connectivity index (χ4v) is 1.71. The van der Waals surface area contributed by atoms with Gasteiger partial charge >= 0.3 is 0 Å². The molecule has 0 aromatic heterocycles. The second kappa shape index (κ2) is 3.33. The van der Waals surface area contributed by atoms with E-state index in [1.807, 2.05) is 13.0 Å². The van der Waals surface area contributed by atoms with Crippen LogP contribution < -0.4 is 4.74 Å². The summed E-state index contributed by atoms with van der Waals surface area (Å²) in [6.07, 6.45) is 1.67. The highest BCUT2D eigenvalue weighted by Gasteiger charge is 2.21. The minimum atomic E-state index is -0.0851. The lowest BCUT2D eigenvalue weighted by Gasteiger charge is -2.22. The van der Waals surface area contributed by atoms with Gasteiger partial charge in [0, 0.05) is 17.5 Å². The predicted octanol–water partition coefficient (Wildman–Crippen LogP) is 1.77. The molecule has 0 saturated heterocycles. The summed E-state index contributed by atoms with van der Waals surface area (Å²) < 4.78 is 5.37. The number of carbonyl (C=O) groups excluding carboxylic acids is 1. The lowest BCUT2D eigenvalue weighted by molar-refractivity contribution is -0.109. The molecule has 1 N–H and O–H groups in total. The van der Waals surface area contributed by atoms with Crippen molar-refractivity contribution in [2.45, 2.75) is 19.3 Å². The maximum atomic E-state index is 10.8. The first-order valence-corrected chi connectivity index (χ1v) is 4.64. The SMILES string of the molecule is Cc1cc2c(cc1O)OCCC2C=O. The first-order valence-electron chi connectivity index (χ1n) is 4.64. The highest BCUT2D eigenvalue weighted by Crippen LogP contribution is 2.36. The number of aryl methyl sites for hydroxylation is 1. The normalized spacial score (nSPS) is 19.6. The van der Waals surface area contributed by atoms with Gasteiger partial charge in [-0.25, -0.2) is 0 Å². The van der Waals surface area contributed by atoms with Crippen LogP contribution in [-0.4, -0.2) is 18.0 Å². The number of hydrogen-bond acceptors (Lipinski definition) is 3. The van der Waals surface area contributed by atoms with Gasteiger partial charge in [0.05, 0.1) is 6.61 Å². The van der Waals surface area contributed by atoms with Gasteiger partial charge in [-0.15, -0.1) is 0 Å². The van der Waals surface area contributed by atoms with E-state index in [2.05, 4.69) is 0 Å². The number of ether oxygens (including phenoxy) is 1. The molecule has 0 saturated carbocycles. The topological polar surface area (TPSA) is 46.5 Å². The molecular formula is C11H12O3. The van der Waals surface area contributed by atoms with E-state index in [0.29, 0.717) is 12.4 Å². The second-order valence-electron chi connectivity index (χ2n) is 3.56. The standard InChI is InChI=1S/C11H12O3/c1-7-4-9-8(6-12)2-3-14-11(9)5-10(7)13/h4-6,8,13H,2-3H2,1H3. The number of aromatic hydroxyl groups is 1. The van der Waals surface area contributed by atoms with E-state index in [9.17, 15) is 9.90 Å². The number of aldehydes is 1. The smallest absolute Gasteiger partial charge is 0.127 e. The largest absolute Gasteiger partial charge is 0.508 e. The van der Waals surface area contributed by atoms with E-state index < -0.39 is 0 Å². The van der Waals surface area contributed by atoms with Crippen molar-refractivity contribution in [1.82, 2.24) is 0 Å². The Morgan fingerprint density at radius 1 is 1.57 bits per heavy atom. The Kier molecular flexibility index (Phi) is 2.15. The van der Waals surface area contributed by atoms with Crippen LogP contribution in [0, 0.1) is 6.92 Å². The van der Waals surface area contributed by atoms with Gasteiger partial charge in [0.1, 0.15) is 17.8 Å². The van der Waals surface area contributed by atoms with Crippen molar-refractivity contribution in [1.29, 1.82) is 0 Å². The van der Waals surface area contributed by atoms with Crippen molar-refractivity contribution in [2.24, 2.45) is 0 Å². The molecule has 1 heterocycles. The summed E-state index contributed by atoms with van der Waals surface area (Å²) in [6.45, 7) is 2.35. The summed E-state index contributed by atoms with van der Waals surface area (Å²) in [5.74, 6) is 0.768. The first kappa shape index (κ1) is 9.06. The molecule has 0 fully saturated rings. The minimum absolute atomic E-state index is 0.0851. The van der Waals surface area contributed by atoms with Crippen LogP contribution in [0.5, 0.6) is 11.5 Å². The van der Waals surface area contributed by atoms with Crippen LogP contribution in [0.1, 0.15) is 23.5 Å². The van der Waals surface area contributed by atoms with Gasteiger partial charge in [-0.05, 0) is 25.0 Å². The molecule has 74 valence electrons. The zero-order valence-corrected chi connectivity index (χ0v) is 7.99. The van der Waals surface area contributed by atoms with Crippen LogP contribution in [0.2, 0.25) is 0 Å². The van der Waals surface area contributed by atoms with Gasteiger partial charge in [-0.1, -0.05) is 0 Å². The molecule has 1 aliphatic heterocycles. The molecule has 0 spiro atoms. The van der Waals surface area contributed by atoms with E-state index in [0.717, 1.165) is 23.8 Å². The van der Waals surface area contributed by atoms with Gasteiger partial charge < -0.3 is 14.6 Å². The third kappa shape index (κ3) is 1.35. The van der Waals surface area contributed by atoms with Crippen molar-refractivity contribution in [2.75, 3.05) is 6.61 Å². The maximum Gasteiger partial charge on any atom is 0.127 e. The van der Waals surface area contributed by atoms with Crippen LogP contribution in [0.25, 0.3) is 0 Å². The van der Waals surface area contributed by atoms with Crippen LogP contribution >= 0.6 is 0 Å². The molecule has 3 nitrogen and oxygen atoms in total. The third-order valence-electron chi connectivity index (χ3n) is 2.58. The zero-order valence-electron chi connectivity index (χ0n) is 7.99. The van der Waals surface area contributed by atoms with E-state index in [1.54, 1.807) is 6.07 Å². The highest BCUT2D eigenvalue weighted by atomic mass is 16.5. The number of fused-ring (bicyclic) bond motifs is 1. The fraction of sp³-hybridized carbons (Fsp3) is 0.364. The maximum absolute atomic E-state index is 10.8. The molecule has 1 aromatic rings. The fourth-order valence-electron chi connectivity index (χ4n) is 1.71. The minimum Gasteiger partial charge on any atom is -0.508 e. The average Bonchev–Trinajstić information content (AvgIpc) is 2.19. The van der Waals surface area contributed by atoms with Gasteiger partial charge in [0.25, 0.3) is 0 Å². The summed E-state index contributed by atoms with van der Waals surface area (Å²) in [5.41, 5.74) is 1.67. The Morgan fingerprint density at radius 3 is 3.07 bits per heavy atom. The van der Waals surface area contributed by atoms with E-state index in [4.69, 9.17) is 4.74 Å². The van der Waals surface area contributed by atoms with Crippen LogP contribution in [-0.2, 0) is 4.79 Å². The molecule has 3 heteroatoms. The Labute approximate surface area is 82.3 Å². The number of hydrogen-bond donors (Lipinski definition) is 1. The van der Waals surface area contributed by atoms with Crippen molar-refractivity contribution < 1.29 is 14.6 Å². The van der Waals surface area contributed by atoms with E-state index in [1.165, 1.54) is 0 Å². The summed E-state index contributed by atoms with van der Waals surface area (Å²) in [4.78, 5) is 10.8.